The Balaban J connectivity index is 2.02. The summed E-state index contributed by atoms with van der Waals surface area (Å²) in [6.07, 6.45) is 0. The maximum Gasteiger partial charge on any atom is 0.337 e. The van der Waals surface area contributed by atoms with Crippen LogP contribution in [0.2, 0.25) is 5.15 Å². The average Bonchev–Trinajstić information content (AvgIpc) is 2.84. The van der Waals surface area contributed by atoms with Crippen molar-refractivity contribution in [3.8, 4) is 17.3 Å². The van der Waals surface area contributed by atoms with Gasteiger partial charge in [-0.2, -0.15) is 5.26 Å². The molecule has 186 valence electrons. The van der Waals surface area contributed by atoms with Gasteiger partial charge < -0.3 is 21.1 Å². The Morgan fingerprint density at radius 2 is 1.92 bits per heavy atom. The van der Waals surface area contributed by atoms with Crippen LogP contribution < -0.4 is 21.9 Å². The number of amides is 1. The first-order valence-electron chi connectivity index (χ1n) is 10.9. The predicted molar refractivity (Wildman–Crippen MR) is 136 cm³/mol. The minimum atomic E-state index is -0.625. The van der Waals surface area contributed by atoms with Crippen LogP contribution in [0.15, 0.2) is 47.3 Å². The van der Waals surface area contributed by atoms with Crippen molar-refractivity contribution < 1.29 is 14.3 Å². The summed E-state index contributed by atoms with van der Waals surface area (Å²) in [6, 6.07) is 13.1. The fourth-order valence-corrected chi connectivity index (χ4v) is 3.75. The summed E-state index contributed by atoms with van der Waals surface area (Å²) in [6.45, 7) is 3.48. The van der Waals surface area contributed by atoms with Crippen molar-refractivity contribution in [3.05, 3.63) is 74.7 Å². The molecule has 3 aromatic rings. The predicted octanol–water partition coefficient (Wildman–Crippen LogP) is 2.94. The second kappa shape index (κ2) is 11.4. The number of nitrogens with one attached hydrogen (secondary N) is 2. The van der Waals surface area contributed by atoms with Gasteiger partial charge in [0.15, 0.2) is 11.0 Å². The summed E-state index contributed by atoms with van der Waals surface area (Å²) in [4.78, 5) is 42.5. The third-order valence-electron chi connectivity index (χ3n) is 5.07. The van der Waals surface area contributed by atoms with Crippen molar-refractivity contribution in [2.24, 2.45) is 0 Å². The van der Waals surface area contributed by atoms with E-state index in [0.717, 1.165) is 5.56 Å². The summed E-state index contributed by atoms with van der Waals surface area (Å²) in [5.41, 5.74) is 7.53. The molecular formula is C25H25ClN6O4. The average molecular weight is 509 g/mol. The lowest BCUT2D eigenvalue weighted by atomic mass is 10.1. The second-order valence-electron chi connectivity index (χ2n) is 8.21. The zero-order valence-electron chi connectivity index (χ0n) is 20.0. The van der Waals surface area contributed by atoms with Gasteiger partial charge in [0, 0.05) is 23.8 Å². The SMILES string of the molecule is COC(=O)c1cc(N)cc(-c2c(Cl)nc(NC(C)C)c(=O)n2CC(=O)NCc2ccc(C#N)cc2)c1. The minimum absolute atomic E-state index is 0.0178. The van der Waals surface area contributed by atoms with Gasteiger partial charge in [-0.1, -0.05) is 23.7 Å². The molecule has 36 heavy (non-hydrogen) atoms. The number of hydrogen-bond donors (Lipinski definition) is 3. The molecule has 1 aromatic heterocycles. The van der Waals surface area contributed by atoms with Crippen LogP contribution in [0.5, 0.6) is 0 Å². The minimum Gasteiger partial charge on any atom is -0.465 e. The van der Waals surface area contributed by atoms with E-state index in [1.54, 1.807) is 24.3 Å². The number of halogens is 1. The molecule has 0 aliphatic heterocycles. The van der Waals surface area contributed by atoms with E-state index in [9.17, 15) is 14.4 Å². The molecule has 1 heterocycles. The molecule has 10 nitrogen and oxygen atoms in total. The molecule has 11 heteroatoms. The largest absolute Gasteiger partial charge is 0.465 e. The smallest absolute Gasteiger partial charge is 0.337 e. The topological polar surface area (TPSA) is 152 Å². The van der Waals surface area contributed by atoms with Gasteiger partial charge in [-0.05, 0) is 49.7 Å². The molecule has 0 bridgehead atoms. The first-order valence-corrected chi connectivity index (χ1v) is 11.3. The van der Waals surface area contributed by atoms with E-state index in [0.29, 0.717) is 11.1 Å². The summed E-state index contributed by atoms with van der Waals surface area (Å²) in [5.74, 6) is -1.10. The van der Waals surface area contributed by atoms with Crippen LogP contribution in [0.25, 0.3) is 11.3 Å². The Morgan fingerprint density at radius 3 is 2.53 bits per heavy atom. The summed E-state index contributed by atoms with van der Waals surface area (Å²) in [7, 11) is 1.24. The van der Waals surface area contributed by atoms with Crippen LogP contribution in [-0.2, 0) is 22.6 Å². The van der Waals surface area contributed by atoms with E-state index in [1.807, 2.05) is 19.9 Å². The number of ether oxygens (including phenoxy) is 1. The van der Waals surface area contributed by atoms with Crippen molar-refractivity contribution in [1.82, 2.24) is 14.9 Å². The first kappa shape index (κ1) is 26.2. The Morgan fingerprint density at radius 1 is 1.22 bits per heavy atom. The van der Waals surface area contributed by atoms with Crippen LogP contribution in [0.3, 0.4) is 0 Å². The normalized spacial score (nSPS) is 10.6. The van der Waals surface area contributed by atoms with Gasteiger partial charge in [0.05, 0.1) is 30.0 Å². The van der Waals surface area contributed by atoms with Gasteiger partial charge in [0.1, 0.15) is 6.54 Å². The van der Waals surface area contributed by atoms with Gasteiger partial charge in [-0.15, -0.1) is 0 Å². The van der Waals surface area contributed by atoms with Crippen molar-refractivity contribution in [2.75, 3.05) is 18.2 Å². The van der Waals surface area contributed by atoms with E-state index in [2.05, 4.69) is 15.6 Å². The molecule has 0 aliphatic carbocycles. The first-order chi connectivity index (χ1) is 17.1. The number of esters is 1. The molecule has 3 rings (SSSR count). The maximum absolute atomic E-state index is 13.3. The number of nitrogens with two attached hydrogens (primary N) is 1. The number of nitrogen functional groups attached to an aromatic ring is 1. The summed E-state index contributed by atoms with van der Waals surface area (Å²) < 4.78 is 5.96. The van der Waals surface area contributed by atoms with Crippen LogP contribution in [0.1, 0.15) is 35.3 Å². The quantitative estimate of drug-likeness (QED) is 0.310. The highest BCUT2D eigenvalue weighted by Crippen LogP contribution is 2.29. The number of hydrogen-bond acceptors (Lipinski definition) is 8. The molecule has 0 unspecified atom stereocenters. The van der Waals surface area contributed by atoms with Crippen LogP contribution >= 0.6 is 11.6 Å². The van der Waals surface area contributed by atoms with Crippen molar-refractivity contribution in [1.29, 1.82) is 5.26 Å². The van der Waals surface area contributed by atoms with E-state index in [1.165, 1.54) is 29.9 Å². The van der Waals surface area contributed by atoms with E-state index in [4.69, 9.17) is 27.3 Å². The third kappa shape index (κ3) is 6.20. The second-order valence-corrected chi connectivity index (χ2v) is 8.57. The zero-order valence-corrected chi connectivity index (χ0v) is 20.7. The lowest BCUT2D eigenvalue weighted by molar-refractivity contribution is -0.121. The number of benzene rings is 2. The van der Waals surface area contributed by atoms with Crippen LogP contribution in [0, 0.1) is 11.3 Å². The molecule has 0 atom stereocenters. The Bertz CT molecular complexity index is 1390. The maximum atomic E-state index is 13.3. The lowest BCUT2D eigenvalue weighted by Crippen LogP contribution is -2.35. The van der Waals surface area contributed by atoms with Crippen LogP contribution in [0.4, 0.5) is 11.5 Å². The Labute approximate surface area is 212 Å². The highest BCUT2D eigenvalue weighted by molar-refractivity contribution is 6.32. The highest BCUT2D eigenvalue weighted by Gasteiger charge is 2.21. The molecule has 0 saturated heterocycles. The number of rotatable bonds is 8. The van der Waals surface area contributed by atoms with Crippen molar-refractivity contribution >= 4 is 35.0 Å². The number of carbonyl (C=O) groups excluding carboxylic acids is 2. The Hall–Kier alpha value is -4.36. The molecule has 0 aliphatic rings. The molecule has 0 saturated carbocycles. The van der Waals surface area contributed by atoms with Gasteiger partial charge in [0.25, 0.3) is 5.56 Å². The van der Waals surface area contributed by atoms with Crippen LogP contribution in [-0.4, -0.2) is 34.6 Å². The standard InChI is InChI=1S/C25H25ClN6O4/c1-14(2)30-23-24(34)32(13-20(33)29-12-16-6-4-15(11-27)5-7-16)21(22(26)31-23)17-8-18(25(35)36-3)10-19(28)9-17/h4-10,14H,12-13,28H2,1-3H3,(H,29,33)(H,30,31). The number of nitriles is 1. The van der Waals surface area contributed by atoms with Gasteiger partial charge in [-0.3, -0.25) is 14.2 Å². The fraction of sp³-hybridized carbons (Fsp3) is 0.240. The molecule has 0 fully saturated rings. The van der Waals surface area contributed by atoms with E-state index < -0.39 is 17.4 Å². The van der Waals surface area contributed by atoms with Gasteiger partial charge in [0.2, 0.25) is 5.91 Å². The number of nitrogens with zero attached hydrogens (tertiary/aromatic N) is 3. The number of anilines is 2. The number of methoxy groups -OCH3 is 1. The molecule has 1 amide bonds. The number of aromatic nitrogens is 2. The monoisotopic (exact) mass is 508 g/mol. The van der Waals surface area contributed by atoms with Crippen molar-refractivity contribution in [3.63, 3.8) is 0 Å². The fourth-order valence-electron chi connectivity index (χ4n) is 3.45. The zero-order chi connectivity index (χ0) is 26.4. The molecular weight excluding hydrogens is 484 g/mol. The highest BCUT2D eigenvalue weighted by atomic mass is 35.5. The van der Waals surface area contributed by atoms with E-state index in [-0.39, 0.29) is 47.0 Å². The van der Waals surface area contributed by atoms with Gasteiger partial charge >= 0.3 is 5.97 Å². The number of carbonyl (C=O) groups is 2. The van der Waals surface area contributed by atoms with Crippen molar-refractivity contribution in [2.45, 2.75) is 33.0 Å². The molecule has 2 aromatic carbocycles. The Kier molecular flexibility index (Phi) is 8.30. The van der Waals surface area contributed by atoms with E-state index >= 15 is 0 Å². The lowest BCUT2D eigenvalue weighted by Gasteiger charge is -2.18. The molecule has 0 spiro atoms. The summed E-state index contributed by atoms with van der Waals surface area (Å²) >= 11 is 6.50. The summed E-state index contributed by atoms with van der Waals surface area (Å²) in [5, 5.41) is 14.6. The third-order valence-corrected chi connectivity index (χ3v) is 5.34. The molecule has 4 N–H and O–H groups in total. The van der Waals surface area contributed by atoms with Gasteiger partial charge in [-0.25, -0.2) is 9.78 Å². The molecule has 0 radical (unpaired) electrons.